The third kappa shape index (κ3) is 3.97. The molecule has 0 aliphatic carbocycles. The van der Waals surface area contributed by atoms with E-state index in [9.17, 15) is 0 Å². The molecule has 1 rings (SSSR count). The van der Waals surface area contributed by atoms with Crippen molar-refractivity contribution in [3.8, 4) is 5.75 Å². The van der Waals surface area contributed by atoms with Gasteiger partial charge < -0.3 is 4.74 Å². The van der Waals surface area contributed by atoms with Crippen LogP contribution in [0.25, 0.3) is 0 Å². The number of unbranched alkanes of at least 4 members (excludes halogenated alkanes) is 1. The fraction of sp³-hybridized carbons (Fsp3) is 0.417. The number of para-hydroxylation sites is 1. The summed E-state index contributed by atoms with van der Waals surface area (Å²) in [6, 6.07) is 9.86. The Kier molecular flexibility index (Phi) is 4.37. The highest BCUT2D eigenvalue weighted by Crippen LogP contribution is 2.13. The first-order valence-electron chi connectivity index (χ1n) is 4.87. The molecular weight excluding hydrogens is 160 g/mol. The van der Waals surface area contributed by atoms with Crippen LogP contribution in [0.3, 0.4) is 0 Å². The molecule has 0 aliphatic rings. The van der Waals surface area contributed by atoms with Crippen LogP contribution in [0.2, 0.25) is 0 Å². The average molecular weight is 177 g/mol. The molecule has 0 aromatic heterocycles. The van der Waals surface area contributed by atoms with E-state index in [1.165, 1.54) is 12.8 Å². The highest BCUT2D eigenvalue weighted by molar-refractivity contribution is 5.21. The molecule has 1 unspecified atom stereocenters. The van der Waals surface area contributed by atoms with Crippen LogP contribution in [0.5, 0.6) is 5.75 Å². The zero-order chi connectivity index (χ0) is 9.52. The van der Waals surface area contributed by atoms with E-state index < -0.39 is 0 Å². The summed E-state index contributed by atoms with van der Waals surface area (Å²) in [5, 5.41) is 0. The standard InChI is InChI=1S/C12H17O/c1-3-4-8-11(2)13-12-9-6-5-7-10-12/h5-7,9-11H,2-4,8H2,1H3. The monoisotopic (exact) mass is 177 g/mol. The molecule has 0 fully saturated rings. The van der Waals surface area contributed by atoms with Crippen LogP contribution in [-0.4, -0.2) is 6.10 Å². The van der Waals surface area contributed by atoms with Crippen molar-refractivity contribution in [2.24, 2.45) is 0 Å². The molecule has 71 valence electrons. The van der Waals surface area contributed by atoms with Crippen molar-refractivity contribution in [2.45, 2.75) is 32.3 Å². The predicted octanol–water partition coefficient (Wildman–Crippen LogP) is 3.46. The van der Waals surface area contributed by atoms with Gasteiger partial charge in [0.25, 0.3) is 0 Å². The predicted molar refractivity (Wildman–Crippen MR) is 55.7 cm³/mol. The van der Waals surface area contributed by atoms with E-state index in [0.29, 0.717) is 0 Å². The molecule has 1 heteroatoms. The van der Waals surface area contributed by atoms with Crippen molar-refractivity contribution < 1.29 is 4.74 Å². The fourth-order valence-corrected chi connectivity index (χ4v) is 1.18. The van der Waals surface area contributed by atoms with Crippen molar-refractivity contribution in [3.05, 3.63) is 37.3 Å². The Bertz CT molecular complexity index is 218. The summed E-state index contributed by atoms with van der Waals surface area (Å²) < 4.78 is 5.61. The van der Waals surface area contributed by atoms with E-state index in [0.717, 1.165) is 12.2 Å². The van der Waals surface area contributed by atoms with Crippen LogP contribution in [0.1, 0.15) is 26.2 Å². The second-order valence-electron chi connectivity index (χ2n) is 3.20. The van der Waals surface area contributed by atoms with Gasteiger partial charge in [-0.2, -0.15) is 0 Å². The molecule has 0 saturated carbocycles. The second kappa shape index (κ2) is 5.63. The van der Waals surface area contributed by atoms with Gasteiger partial charge in [0.2, 0.25) is 0 Å². The van der Waals surface area contributed by atoms with Gasteiger partial charge >= 0.3 is 0 Å². The smallest absolute Gasteiger partial charge is 0.119 e. The van der Waals surface area contributed by atoms with Gasteiger partial charge in [0.1, 0.15) is 5.75 Å². The molecular formula is C12H17O. The third-order valence-corrected chi connectivity index (χ3v) is 1.93. The van der Waals surface area contributed by atoms with E-state index in [1.54, 1.807) is 0 Å². The van der Waals surface area contributed by atoms with Crippen LogP contribution < -0.4 is 4.74 Å². The Balaban J connectivity index is 2.32. The first-order valence-corrected chi connectivity index (χ1v) is 4.87. The molecule has 0 aliphatic heterocycles. The highest BCUT2D eigenvalue weighted by atomic mass is 16.5. The SMILES string of the molecule is [CH2]C(CCCC)Oc1ccccc1. The molecule has 1 aromatic carbocycles. The lowest BCUT2D eigenvalue weighted by Crippen LogP contribution is -2.11. The largest absolute Gasteiger partial charge is 0.490 e. The minimum absolute atomic E-state index is 0.0855. The Morgan fingerprint density at radius 2 is 2.00 bits per heavy atom. The van der Waals surface area contributed by atoms with E-state index in [-0.39, 0.29) is 6.10 Å². The molecule has 0 spiro atoms. The molecule has 13 heavy (non-hydrogen) atoms. The van der Waals surface area contributed by atoms with Gasteiger partial charge in [-0.05, 0) is 25.5 Å². The Labute approximate surface area is 80.7 Å². The summed E-state index contributed by atoms with van der Waals surface area (Å²) in [6.07, 6.45) is 3.50. The molecule has 0 amide bonds. The molecule has 0 bridgehead atoms. The summed E-state index contributed by atoms with van der Waals surface area (Å²) >= 11 is 0. The van der Waals surface area contributed by atoms with Gasteiger partial charge in [-0.1, -0.05) is 38.0 Å². The van der Waals surface area contributed by atoms with Gasteiger partial charge in [0, 0.05) is 0 Å². The number of hydrogen-bond donors (Lipinski definition) is 0. The lowest BCUT2D eigenvalue weighted by atomic mass is 10.2. The zero-order valence-corrected chi connectivity index (χ0v) is 8.20. The summed E-state index contributed by atoms with van der Waals surface area (Å²) in [7, 11) is 0. The topological polar surface area (TPSA) is 9.23 Å². The quantitative estimate of drug-likeness (QED) is 0.669. The Morgan fingerprint density at radius 1 is 1.31 bits per heavy atom. The molecule has 1 radical (unpaired) electrons. The average Bonchev–Trinajstić information content (AvgIpc) is 2.16. The zero-order valence-electron chi connectivity index (χ0n) is 8.20. The van der Waals surface area contributed by atoms with Crippen molar-refractivity contribution >= 4 is 0 Å². The molecule has 0 N–H and O–H groups in total. The van der Waals surface area contributed by atoms with Gasteiger partial charge in [0.15, 0.2) is 0 Å². The van der Waals surface area contributed by atoms with Gasteiger partial charge in [0.05, 0.1) is 6.10 Å². The maximum atomic E-state index is 5.61. The molecule has 1 aromatic rings. The summed E-state index contributed by atoms with van der Waals surface area (Å²) in [4.78, 5) is 0. The van der Waals surface area contributed by atoms with Gasteiger partial charge in [-0.3, -0.25) is 0 Å². The molecule has 1 atom stereocenters. The van der Waals surface area contributed by atoms with Crippen molar-refractivity contribution in [2.75, 3.05) is 0 Å². The van der Waals surface area contributed by atoms with Crippen LogP contribution in [0.15, 0.2) is 30.3 Å². The lowest BCUT2D eigenvalue weighted by Gasteiger charge is -2.13. The fourth-order valence-electron chi connectivity index (χ4n) is 1.18. The van der Waals surface area contributed by atoms with Crippen molar-refractivity contribution in [1.29, 1.82) is 0 Å². The summed E-state index contributed by atoms with van der Waals surface area (Å²) in [5.74, 6) is 0.915. The van der Waals surface area contributed by atoms with Gasteiger partial charge in [-0.25, -0.2) is 0 Å². The first kappa shape index (κ1) is 10.1. The highest BCUT2D eigenvalue weighted by Gasteiger charge is 2.01. The van der Waals surface area contributed by atoms with Crippen LogP contribution in [0.4, 0.5) is 0 Å². The minimum atomic E-state index is 0.0855. The molecule has 0 heterocycles. The van der Waals surface area contributed by atoms with E-state index in [2.05, 4.69) is 13.8 Å². The van der Waals surface area contributed by atoms with Crippen LogP contribution in [0, 0.1) is 6.92 Å². The van der Waals surface area contributed by atoms with Crippen LogP contribution >= 0.6 is 0 Å². The van der Waals surface area contributed by atoms with Crippen molar-refractivity contribution in [3.63, 3.8) is 0 Å². The molecule has 1 nitrogen and oxygen atoms in total. The number of benzene rings is 1. The first-order chi connectivity index (χ1) is 6.33. The lowest BCUT2D eigenvalue weighted by molar-refractivity contribution is 0.232. The number of ether oxygens (including phenoxy) is 1. The Morgan fingerprint density at radius 3 is 2.62 bits per heavy atom. The third-order valence-electron chi connectivity index (χ3n) is 1.93. The second-order valence-corrected chi connectivity index (χ2v) is 3.20. The van der Waals surface area contributed by atoms with Crippen molar-refractivity contribution in [1.82, 2.24) is 0 Å². The van der Waals surface area contributed by atoms with E-state index in [1.807, 2.05) is 30.3 Å². The maximum Gasteiger partial charge on any atom is 0.119 e. The normalized spacial score (nSPS) is 12.5. The Hall–Kier alpha value is -0.980. The molecule has 0 saturated heterocycles. The van der Waals surface area contributed by atoms with Gasteiger partial charge in [-0.15, -0.1) is 0 Å². The number of rotatable bonds is 5. The summed E-state index contributed by atoms with van der Waals surface area (Å²) in [6.45, 7) is 6.12. The van der Waals surface area contributed by atoms with E-state index in [4.69, 9.17) is 4.74 Å². The number of hydrogen-bond acceptors (Lipinski definition) is 1. The van der Waals surface area contributed by atoms with Crippen LogP contribution in [-0.2, 0) is 0 Å². The van der Waals surface area contributed by atoms with E-state index >= 15 is 0 Å². The maximum absolute atomic E-state index is 5.61. The minimum Gasteiger partial charge on any atom is -0.490 e. The summed E-state index contributed by atoms with van der Waals surface area (Å²) in [5.41, 5.74) is 0.